The molecule has 2 N–H and O–H groups in total. The Kier molecular flexibility index (Phi) is 2.18. The molecule has 1 aromatic heterocycles. The Hall–Kier alpha value is -1.50. The van der Waals surface area contributed by atoms with E-state index < -0.39 is 25.0 Å². The fourth-order valence-corrected chi connectivity index (χ4v) is 1.49. The Morgan fingerprint density at radius 3 is 3.07 bits per heavy atom. The number of nitrogens with one attached hydrogen (secondary N) is 1. The molecule has 2 rings (SSSR count). The third kappa shape index (κ3) is 1.96. The minimum Gasteiger partial charge on any atom is -0.476 e. The summed E-state index contributed by atoms with van der Waals surface area (Å²) in [5.74, 6) is -4.11. The predicted octanol–water partition coefficient (Wildman–Crippen LogP) is 0.320. The maximum absolute atomic E-state index is 13.1. The molecule has 15 heavy (non-hydrogen) atoms. The fraction of sp³-hybridized carbons (Fsp3) is 0.500. The topological polar surface area (TPSA) is 67.1 Å². The Morgan fingerprint density at radius 2 is 2.40 bits per heavy atom. The van der Waals surface area contributed by atoms with Gasteiger partial charge in [0.15, 0.2) is 5.69 Å². The number of hydrogen-bond donors (Lipinski definition) is 2. The van der Waals surface area contributed by atoms with E-state index in [0.717, 1.165) is 4.68 Å². The lowest BCUT2D eigenvalue weighted by Gasteiger charge is -2.12. The lowest BCUT2D eigenvalue weighted by atomic mass is 10.3. The van der Waals surface area contributed by atoms with Gasteiger partial charge >= 0.3 is 5.97 Å². The smallest absolute Gasteiger partial charge is 0.356 e. The van der Waals surface area contributed by atoms with Gasteiger partial charge in [-0.2, -0.15) is 5.10 Å². The second-order valence-corrected chi connectivity index (χ2v) is 3.44. The van der Waals surface area contributed by atoms with Crippen LogP contribution < -0.4 is 5.32 Å². The predicted molar refractivity (Wildman–Crippen MR) is 45.8 cm³/mol. The lowest BCUT2D eigenvalue weighted by molar-refractivity contribution is -0.0137. The van der Waals surface area contributed by atoms with E-state index in [-0.39, 0.29) is 12.2 Å². The van der Waals surface area contributed by atoms with Crippen LogP contribution in [0.4, 0.5) is 8.78 Å². The number of fused-ring (bicyclic) bond motifs is 1. The summed E-state index contributed by atoms with van der Waals surface area (Å²) in [4.78, 5) is 10.6. The van der Waals surface area contributed by atoms with Gasteiger partial charge in [0.05, 0.1) is 12.2 Å². The number of carboxylic acid groups (broad SMARTS) is 1. The summed E-state index contributed by atoms with van der Waals surface area (Å²) in [7, 11) is 0. The van der Waals surface area contributed by atoms with Crippen LogP contribution in [0.1, 0.15) is 16.2 Å². The first kappa shape index (κ1) is 10.0. The van der Waals surface area contributed by atoms with Gasteiger partial charge in [0.1, 0.15) is 6.54 Å². The normalized spacial score (nSPS) is 19.3. The van der Waals surface area contributed by atoms with Crippen molar-refractivity contribution < 1.29 is 18.7 Å². The van der Waals surface area contributed by atoms with E-state index in [1.54, 1.807) is 0 Å². The van der Waals surface area contributed by atoms with Crippen molar-refractivity contribution in [3.05, 3.63) is 17.5 Å². The molecule has 0 saturated carbocycles. The van der Waals surface area contributed by atoms with E-state index in [4.69, 9.17) is 5.11 Å². The van der Waals surface area contributed by atoms with Gasteiger partial charge in [-0.05, 0) is 6.07 Å². The number of aromatic carboxylic acids is 1. The van der Waals surface area contributed by atoms with Crippen molar-refractivity contribution in [2.75, 3.05) is 6.54 Å². The number of aromatic nitrogens is 2. The molecule has 0 bridgehead atoms. The van der Waals surface area contributed by atoms with Gasteiger partial charge in [0.25, 0.3) is 5.92 Å². The molecular weight excluding hydrogens is 208 g/mol. The minimum atomic E-state index is -2.90. The maximum atomic E-state index is 13.1. The van der Waals surface area contributed by atoms with Crippen LogP contribution in [0.25, 0.3) is 0 Å². The molecule has 5 nitrogen and oxygen atoms in total. The molecule has 0 amide bonds. The van der Waals surface area contributed by atoms with Crippen LogP contribution in [0.3, 0.4) is 0 Å². The van der Waals surface area contributed by atoms with Gasteiger partial charge in [-0.15, -0.1) is 0 Å². The van der Waals surface area contributed by atoms with Crippen molar-refractivity contribution in [1.29, 1.82) is 0 Å². The van der Waals surface area contributed by atoms with Crippen molar-refractivity contribution in [2.24, 2.45) is 0 Å². The first-order valence-corrected chi connectivity index (χ1v) is 4.36. The van der Waals surface area contributed by atoms with Crippen LogP contribution in [0.5, 0.6) is 0 Å². The molecule has 1 aliphatic heterocycles. The molecular formula is C8H9F2N3O2. The number of alkyl halides is 2. The van der Waals surface area contributed by atoms with Crippen LogP contribution in [-0.4, -0.2) is 33.3 Å². The Labute approximate surface area is 83.7 Å². The number of halogens is 2. The molecule has 0 unspecified atom stereocenters. The van der Waals surface area contributed by atoms with Gasteiger partial charge < -0.3 is 10.4 Å². The van der Waals surface area contributed by atoms with Crippen molar-refractivity contribution >= 4 is 5.97 Å². The molecule has 82 valence electrons. The van der Waals surface area contributed by atoms with Crippen LogP contribution in [0.2, 0.25) is 0 Å². The molecule has 0 spiro atoms. The average molecular weight is 217 g/mol. The lowest BCUT2D eigenvalue weighted by Crippen LogP contribution is -2.33. The van der Waals surface area contributed by atoms with Crippen LogP contribution >= 0.6 is 0 Å². The quantitative estimate of drug-likeness (QED) is 0.710. The van der Waals surface area contributed by atoms with Gasteiger partial charge in [-0.3, -0.25) is 4.68 Å². The number of carboxylic acids is 1. The number of nitrogens with zero attached hydrogens (tertiary/aromatic N) is 2. The van der Waals surface area contributed by atoms with E-state index in [9.17, 15) is 13.6 Å². The van der Waals surface area contributed by atoms with E-state index in [0.29, 0.717) is 5.69 Å². The standard InChI is InChI=1S/C8H9F2N3O2/c9-8(10)3-11-2-5-1-6(7(14)15)12-13(5)4-8/h1,11H,2-4H2,(H,14,15). The zero-order valence-corrected chi connectivity index (χ0v) is 7.70. The largest absolute Gasteiger partial charge is 0.476 e. The summed E-state index contributed by atoms with van der Waals surface area (Å²) in [5.41, 5.74) is 0.258. The highest BCUT2D eigenvalue weighted by molar-refractivity contribution is 5.85. The summed E-state index contributed by atoms with van der Waals surface area (Å²) in [6.45, 7) is -0.794. The highest BCUT2D eigenvalue weighted by atomic mass is 19.3. The van der Waals surface area contributed by atoms with Gasteiger partial charge in [0, 0.05) is 6.54 Å². The van der Waals surface area contributed by atoms with Crippen LogP contribution in [0, 0.1) is 0 Å². The minimum absolute atomic E-state index is 0.204. The number of rotatable bonds is 1. The van der Waals surface area contributed by atoms with Crippen molar-refractivity contribution in [3.63, 3.8) is 0 Å². The van der Waals surface area contributed by atoms with Crippen LogP contribution in [-0.2, 0) is 13.1 Å². The van der Waals surface area contributed by atoms with Crippen molar-refractivity contribution in [2.45, 2.75) is 19.0 Å². The summed E-state index contributed by atoms with van der Waals surface area (Å²) in [6, 6.07) is 1.30. The van der Waals surface area contributed by atoms with Crippen LogP contribution in [0.15, 0.2) is 6.07 Å². The van der Waals surface area contributed by atoms with E-state index in [1.807, 2.05) is 0 Å². The third-order valence-corrected chi connectivity index (χ3v) is 2.15. The first-order chi connectivity index (χ1) is 6.98. The molecule has 1 aliphatic rings. The third-order valence-electron chi connectivity index (χ3n) is 2.15. The zero-order valence-electron chi connectivity index (χ0n) is 7.70. The monoisotopic (exact) mass is 217 g/mol. The van der Waals surface area contributed by atoms with Crippen molar-refractivity contribution in [3.8, 4) is 0 Å². The van der Waals surface area contributed by atoms with Gasteiger partial charge in [-0.1, -0.05) is 0 Å². The van der Waals surface area contributed by atoms with Gasteiger partial charge in [-0.25, -0.2) is 13.6 Å². The molecule has 0 aliphatic carbocycles. The zero-order chi connectivity index (χ0) is 11.1. The summed E-state index contributed by atoms with van der Waals surface area (Å²) < 4.78 is 27.2. The molecule has 0 aromatic carbocycles. The summed E-state index contributed by atoms with van der Waals surface area (Å²) >= 11 is 0. The fourth-order valence-electron chi connectivity index (χ4n) is 1.49. The van der Waals surface area contributed by atoms with Crippen molar-refractivity contribution in [1.82, 2.24) is 15.1 Å². The van der Waals surface area contributed by atoms with E-state index in [1.165, 1.54) is 6.07 Å². The number of hydrogen-bond acceptors (Lipinski definition) is 3. The van der Waals surface area contributed by atoms with Gasteiger partial charge in [0.2, 0.25) is 0 Å². The SMILES string of the molecule is O=C(O)c1cc2n(n1)CC(F)(F)CNC2. The highest BCUT2D eigenvalue weighted by Crippen LogP contribution is 2.19. The molecule has 0 saturated heterocycles. The van der Waals surface area contributed by atoms with E-state index in [2.05, 4.69) is 10.4 Å². The number of carbonyl (C=O) groups is 1. The summed E-state index contributed by atoms with van der Waals surface area (Å²) in [5, 5.41) is 14.8. The first-order valence-electron chi connectivity index (χ1n) is 4.36. The van der Waals surface area contributed by atoms with E-state index >= 15 is 0 Å². The molecule has 0 fully saturated rings. The second-order valence-electron chi connectivity index (χ2n) is 3.44. The average Bonchev–Trinajstić information content (AvgIpc) is 2.42. The molecule has 2 heterocycles. The Balaban J connectivity index is 2.35. The maximum Gasteiger partial charge on any atom is 0.356 e. The molecule has 7 heteroatoms. The molecule has 1 aromatic rings. The highest BCUT2D eigenvalue weighted by Gasteiger charge is 2.33. The second kappa shape index (κ2) is 3.27. The molecule has 0 radical (unpaired) electrons. The Bertz CT molecular complexity index is 403. The summed E-state index contributed by atoms with van der Waals surface area (Å²) in [6.07, 6.45) is 0. The molecule has 0 atom stereocenters. The Morgan fingerprint density at radius 1 is 1.67 bits per heavy atom.